The third-order valence-corrected chi connectivity index (χ3v) is 3.76. The molecule has 1 heterocycles. The third kappa shape index (κ3) is 3.20. The highest BCUT2D eigenvalue weighted by molar-refractivity contribution is 5.88. The Morgan fingerprint density at radius 2 is 2.15 bits per heavy atom. The molecule has 7 nitrogen and oxygen atoms in total. The van der Waals surface area contributed by atoms with Gasteiger partial charge >= 0.3 is 12.0 Å². The van der Waals surface area contributed by atoms with Gasteiger partial charge in [0, 0.05) is 25.7 Å². The van der Waals surface area contributed by atoms with Crippen molar-refractivity contribution in [2.45, 2.75) is 44.7 Å². The van der Waals surface area contributed by atoms with E-state index in [4.69, 9.17) is 5.11 Å². The molecule has 0 aromatic carbocycles. The summed E-state index contributed by atoms with van der Waals surface area (Å²) < 4.78 is 0. The summed E-state index contributed by atoms with van der Waals surface area (Å²) in [5.41, 5.74) is 0. The summed E-state index contributed by atoms with van der Waals surface area (Å²) in [5, 5.41) is 11.5. The number of urea groups is 1. The molecule has 1 atom stereocenters. The Morgan fingerprint density at radius 3 is 2.70 bits per heavy atom. The minimum atomic E-state index is -0.910. The number of hydrogen-bond donors (Lipinski definition) is 2. The van der Waals surface area contributed by atoms with Gasteiger partial charge in [-0.15, -0.1) is 0 Å². The molecule has 2 rings (SSSR count). The molecule has 0 aromatic heterocycles. The van der Waals surface area contributed by atoms with Crippen LogP contribution in [-0.2, 0) is 9.59 Å². The van der Waals surface area contributed by atoms with Gasteiger partial charge in [-0.1, -0.05) is 6.92 Å². The summed E-state index contributed by atoms with van der Waals surface area (Å²) in [6.45, 7) is 3.03. The maximum absolute atomic E-state index is 12.6. The van der Waals surface area contributed by atoms with Gasteiger partial charge in [-0.05, 0) is 19.3 Å². The molecule has 2 aliphatic rings. The molecule has 3 amide bonds. The van der Waals surface area contributed by atoms with E-state index < -0.39 is 12.0 Å². The van der Waals surface area contributed by atoms with Gasteiger partial charge in [-0.2, -0.15) is 0 Å². The smallest absolute Gasteiger partial charge is 0.321 e. The van der Waals surface area contributed by atoms with Crippen LogP contribution >= 0.6 is 0 Å². The number of nitrogens with zero attached hydrogens (tertiary/aromatic N) is 2. The van der Waals surface area contributed by atoms with E-state index in [1.54, 1.807) is 9.80 Å². The molecule has 2 fully saturated rings. The van der Waals surface area contributed by atoms with E-state index in [0.29, 0.717) is 19.5 Å². The highest BCUT2D eigenvalue weighted by atomic mass is 16.4. The minimum absolute atomic E-state index is 0.0565. The van der Waals surface area contributed by atoms with Crippen molar-refractivity contribution in [2.75, 3.05) is 19.6 Å². The molecule has 0 spiro atoms. The quantitative estimate of drug-likeness (QED) is 0.757. The molecule has 1 unspecified atom stereocenters. The van der Waals surface area contributed by atoms with Gasteiger partial charge < -0.3 is 20.2 Å². The van der Waals surface area contributed by atoms with Crippen molar-refractivity contribution in [3.63, 3.8) is 0 Å². The van der Waals surface area contributed by atoms with Crippen LogP contribution in [0.2, 0.25) is 0 Å². The minimum Gasteiger partial charge on any atom is -0.481 e. The summed E-state index contributed by atoms with van der Waals surface area (Å²) in [6, 6.07) is -0.498. The Hall–Kier alpha value is -1.79. The maximum Gasteiger partial charge on any atom is 0.321 e. The number of carboxylic acid groups (broad SMARTS) is 1. The lowest BCUT2D eigenvalue weighted by Gasteiger charge is -2.38. The summed E-state index contributed by atoms with van der Waals surface area (Å²) in [6.07, 6.45) is 2.35. The fraction of sp³-hybridized carbons (Fsp3) is 0.769. The Labute approximate surface area is 117 Å². The SMILES string of the molecule is CCC1C(=O)NCCN1C(=O)N(CCC(=O)O)C1CC1. The Morgan fingerprint density at radius 1 is 1.45 bits per heavy atom. The number of piperazine rings is 1. The highest BCUT2D eigenvalue weighted by Gasteiger charge is 2.39. The first-order valence-electron chi connectivity index (χ1n) is 7.11. The van der Waals surface area contributed by atoms with Gasteiger partial charge in [-0.25, -0.2) is 4.79 Å². The van der Waals surface area contributed by atoms with Crippen LogP contribution in [0.15, 0.2) is 0 Å². The fourth-order valence-electron chi connectivity index (χ4n) is 2.55. The number of carbonyl (C=O) groups excluding carboxylic acids is 2. The number of aliphatic carboxylic acids is 1. The Bertz CT molecular complexity index is 408. The first-order chi connectivity index (χ1) is 9.54. The van der Waals surface area contributed by atoms with Gasteiger partial charge in [0.05, 0.1) is 6.42 Å². The largest absolute Gasteiger partial charge is 0.481 e. The lowest BCUT2D eigenvalue weighted by atomic mass is 10.1. The van der Waals surface area contributed by atoms with E-state index in [-0.39, 0.29) is 30.9 Å². The summed E-state index contributed by atoms with van der Waals surface area (Å²) in [5.74, 6) is -1.03. The standard InChI is InChI=1S/C13H21N3O4/c1-2-10-12(19)14-6-8-16(10)13(20)15(9-3-4-9)7-5-11(17)18/h9-10H,2-8H2,1H3,(H,14,19)(H,17,18). The second-order valence-corrected chi connectivity index (χ2v) is 5.26. The molecule has 7 heteroatoms. The molecule has 20 heavy (non-hydrogen) atoms. The molecule has 1 saturated heterocycles. The average molecular weight is 283 g/mol. The zero-order valence-electron chi connectivity index (χ0n) is 11.7. The summed E-state index contributed by atoms with van der Waals surface area (Å²) >= 11 is 0. The average Bonchev–Trinajstić information content (AvgIpc) is 3.22. The van der Waals surface area contributed by atoms with Crippen LogP contribution in [0, 0.1) is 0 Å². The van der Waals surface area contributed by atoms with Gasteiger partial charge in [0.15, 0.2) is 0 Å². The van der Waals surface area contributed by atoms with E-state index in [2.05, 4.69) is 5.32 Å². The van der Waals surface area contributed by atoms with Crippen LogP contribution in [0.4, 0.5) is 4.79 Å². The van der Waals surface area contributed by atoms with Crippen molar-refractivity contribution in [1.29, 1.82) is 0 Å². The summed E-state index contributed by atoms with van der Waals surface area (Å²) in [4.78, 5) is 38.3. The van der Waals surface area contributed by atoms with E-state index in [0.717, 1.165) is 12.8 Å². The Balaban J connectivity index is 2.05. The molecule has 1 aliphatic carbocycles. The van der Waals surface area contributed by atoms with Crippen LogP contribution in [0.1, 0.15) is 32.6 Å². The maximum atomic E-state index is 12.6. The van der Waals surface area contributed by atoms with Crippen molar-refractivity contribution >= 4 is 17.9 Å². The topological polar surface area (TPSA) is 90.0 Å². The van der Waals surface area contributed by atoms with Gasteiger partial charge in [0.1, 0.15) is 6.04 Å². The lowest BCUT2D eigenvalue weighted by molar-refractivity contribution is -0.137. The van der Waals surface area contributed by atoms with Crippen LogP contribution in [0.3, 0.4) is 0 Å². The van der Waals surface area contributed by atoms with Crippen molar-refractivity contribution in [3.05, 3.63) is 0 Å². The predicted octanol–water partition coefficient (Wildman–Crippen LogP) is 0.256. The number of amides is 3. The molecular formula is C13H21N3O4. The van der Waals surface area contributed by atoms with Gasteiger partial charge in [0.25, 0.3) is 0 Å². The molecule has 1 aliphatic heterocycles. The van der Waals surface area contributed by atoms with Crippen molar-refractivity contribution in [2.24, 2.45) is 0 Å². The molecule has 1 saturated carbocycles. The molecule has 0 aromatic rings. The van der Waals surface area contributed by atoms with Crippen LogP contribution in [0.25, 0.3) is 0 Å². The van der Waals surface area contributed by atoms with E-state index in [9.17, 15) is 14.4 Å². The van der Waals surface area contributed by atoms with Crippen LogP contribution < -0.4 is 5.32 Å². The zero-order valence-corrected chi connectivity index (χ0v) is 11.7. The first kappa shape index (κ1) is 14.6. The number of carboxylic acids is 1. The number of hydrogen-bond acceptors (Lipinski definition) is 3. The first-order valence-corrected chi connectivity index (χ1v) is 7.11. The van der Waals surface area contributed by atoms with Crippen LogP contribution in [0.5, 0.6) is 0 Å². The third-order valence-electron chi connectivity index (χ3n) is 3.76. The monoisotopic (exact) mass is 283 g/mol. The number of carbonyl (C=O) groups is 3. The van der Waals surface area contributed by atoms with E-state index >= 15 is 0 Å². The van der Waals surface area contributed by atoms with Crippen molar-refractivity contribution < 1.29 is 19.5 Å². The molecule has 0 radical (unpaired) electrons. The second kappa shape index (κ2) is 6.11. The number of rotatable bonds is 5. The van der Waals surface area contributed by atoms with Crippen LogP contribution in [-0.4, -0.2) is 64.5 Å². The summed E-state index contributed by atoms with van der Waals surface area (Å²) in [7, 11) is 0. The molecule has 0 bridgehead atoms. The lowest BCUT2D eigenvalue weighted by Crippen LogP contribution is -2.60. The fourth-order valence-corrected chi connectivity index (χ4v) is 2.55. The molecule has 2 N–H and O–H groups in total. The Kier molecular flexibility index (Phi) is 4.46. The number of nitrogens with one attached hydrogen (secondary N) is 1. The predicted molar refractivity (Wildman–Crippen MR) is 71.2 cm³/mol. The van der Waals surface area contributed by atoms with E-state index in [1.165, 1.54) is 0 Å². The zero-order chi connectivity index (χ0) is 14.7. The molecular weight excluding hydrogens is 262 g/mol. The second-order valence-electron chi connectivity index (χ2n) is 5.26. The van der Waals surface area contributed by atoms with Crippen molar-refractivity contribution in [3.8, 4) is 0 Å². The highest BCUT2D eigenvalue weighted by Crippen LogP contribution is 2.28. The van der Waals surface area contributed by atoms with Gasteiger partial charge in [-0.3, -0.25) is 9.59 Å². The van der Waals surface area contributed by atoms with E-state index in [1.807, 2.05) is 6.92 Å². The van der Waals surface area contributed by atoms with Gasteiger partial charge in [0.2, 0.25) is 5.91 Å². The van der Waals surface area contributed by atoms with Crippen molar-refractivity contribution in [1.82, 2.24) is 15.1 Å². The molecule has 112 valence electrons. The normalized spacial score (nSPS) is 22.4.